The molecule has 2 fully saturated rings. The van der Waals surface area contributed by atoms with Gasteiger partial charge in [-0.15, -0.1) is 11.3 Å². The molecule has 3 aromatic heterocycles. The fraction of sp³-hybridized carbons (Fsp3) is 0.346. The topological polar surface area (TPSA) is 54.4 Å². The number of morpholine rings is 1. The Morgan fingerprint density at radius 1 is 0.818 bits per heavy atom. The summed E-state index contributed by atoms with van der Waals surface area (Å²) in [5.74, 6) is 1.81. The highest BCUT2D eigenvalue weighted by Crippen LogP contribution is 2.39. The first-order chi connectivity index (χ1) is 16.3. The van der Waals surface area contributed by atoms with Crippen LogP contribution in [0, 0.1) is 0 Å². The Bertz CT molecular complexity index is 1250. The van der Waals surface area contributed by atoms with Crippen LogP contribution in [0.2, 0.25) is 0 Å². The van der Waals surface area contributed by atoms with Gasteiger partial charge in [-0.05, 0) is 43.5 Å². The van der Waals surface area contributed by atoms with E-state index < -0.39 is 0 Å². The standard InChI is InChI=1S/C26H27N5OS/c1-2-10-30(11-3-1)21-8-4-6-19(16-21)25-28-22-17-23(20-7-5-9-27-18-20)33-24(22)26(29-25)31-12-14-32-15-13-31/h4-9,16-18H,1-3,10-15H2. The van der Waals surface area contributed by atoms with Gasteiger partial charge in [0.2, 0.25) is 0 Å². The van der Waals surface area contributed by atoms with Crippen molar-refractivity contribution in [3.63, 3.8) is 0 Å². The monoisotopic (exact) mass is 457 g/mol. The van der Waals surface area contributed by atoms with Crippen molar-refractivity contribution < 1.29 is 4.74 Å². The van der Waals surface area contributed by atoms with Crippen molar-refractivity contribution in [2.45, 2.75) is 19.3 Å². The van der Waals surface area contributed by atoms with E-state index in [0.29, 0.717) is 0 Å². The summed E-state index contributed by atoms with van der Waals surface area (Å²) in [6.45, 7) is 5.40. The van der Waals surface area contributed by atoms with Gasteiger partial charge in [0.25, 0.3) is 0 Å². The number of benzene rings is 1. The van der Waals surface area contributed by atoms with Gasteiger partial charge in [-0.1, -0.05) is 18.2 Å². The van der Waals surface area contributed by atoms with Crippen LogP contribution >= 0.6 is 11.3 Å². The lowest BCUT2D eigenvalue weighted by Gasteiger charge is -2.29. The van der Waals surface area contributed by atoms with Crippen molar-refractivity contribution in [1.82, 2.24) is 15.0 Å². The molecular weight excluding hydrogens is 430 g/mol. The first kappa shape index (κ1) is 20.6. The average Bonchev–Trinajstić information content (AvgIpc) is 3.34. The predicted octanol–water partition coefficient (Wildman–Crippen LogP) is 5.25. The molecule has 33 heavy (non-hydrogen) atoms. The number of piperidine rings is 1. The minimum absolute atomic E-state index is 0.728. The van der Waals surface area contributed by atoms with Crippen molar-refractivity contribution in [2.24, 2.45) is 0 Å². The molecular formula is C26H27N5OS. The van der Waals surface area contributed by atoms with Gasteiger partial charge in [-0.25, -0.2) is 9.97 Å². The summed E-state index contributed by atoms with van der Waals surface area (Å²) in [7, 11) is 0. The summed E-state index contributed by atoms with van der Waals surface area (Å²) in [6.07, 6.45) is 7.58. The molecule has 0 radical (unpaired) electrons. The largest absolute Gasteiger partial charge is 0.378 e. The van der Waals surface area contributed by atoms with Crippen LogP contribution in [0.4, 0.5) is 11.5 Å². The molecule has 0 amide bonds. The molecule has 0 N–H and O–H groups in total. The zero-order valence-corrected chi connectivity index (χ0v) is 19.4. The van der Waals surface area contributed by atoms with Crippen LogP contribution < -0.4 is 9.80 Å². The van der Waals surface area contributed by atoms with Gasteiger partial charge >= 0.3 is 0 Å². The number of ether oxygens (including phenoxy) is 1. The van der Waals surface area contributed by atoms with E-state index in [1.54, 1.807) is 11.3 Å². The van der Waals surface area contributed by atoms with Crippen LogP contribution in [0.3, 0.4) is 0 Å². The minimum Gasteiger partial charge on any atom is -0.378 e. The molecule has 2 aliphatic rings. The van der Waals surface area contributed by atoms with Crippen LogP contribution in [0.25, 0.3) is 32.0 Å². The lowest BCUT2D eigenvalue weighted by molar-refractivity contribution is 0.122. The van der Waals surface area contributed by atoms with Crippen molar-refractivity contribution in [1.29, 1.82) is 0 Å². The van der Waals surface area contributed by atoms with Crippen LogP contribution in [-0.4, -0.2) is 54.3 Å². The molecule has 5 heterocycles. The molecule has 1 aromatic carbocycles. The molecule has 4 aromatic rings. The maximum Gasteiger partial charge on any atom is 0.162 e. The summed E-state index contributed by atoms with van der Waals surface area (Å²) >= 11 is 1.74. The van der Waals surface area contributed by atoms with Gasteiger partial charge in [-0.2, -0.15) is 0 Å². The second kappa shape index (κ2) is 9.08. The third-order valence-corrected chi connectivity index (χ3v) is 7.61. The van der Waals surface area contributed by atoms with Gasteiger partial charge < -0.3 is 14.5 Å². The van der Waals surface area contributed by atoms with Gasteiger partial charge in [0.1, 0.15) is 0 Å². The molecule has 2 saturated heterocycles. The molecule has 0 unspecified atom stereocenters. The van der Waals surface area contributed by atoms with Gasteiger partial charge in [0.05, 0.1) is 23.4 Å². The maximum atomic E-state index is 5.61. The summed E-state index contributed by atoms with van der Waals surface area (Å²) in [5.41, 5.74) is 4.45. The summed E-state index contributed by atoms with van der Waals surface area (Å²) in [6, 6.07) is 15.0. The Morgan fingerprint density at radius 3 is 2.48 bits per heavy atom. The Hall–Kier alpha value is -3.03. The predicted molar refractivity (Wildman–Crippen MR) is 135 cm³/mol. The number of anilines is 2. The van der Waals surface area contributed by atoms with E-state index in [0.717, 1.165) is 72.4 Å². The molecule has 7 heteroatoms. The minimum atomic E-state index is 0.728. The summed E-state index contributed by atoms with van der Waals surface area (Å²) < 4.78 is 6.74. The number of hydrogen-bond acceptors (Lipinski definition) is 7. The Labute approximate surface area is 197 Å². The zero-order chi connectivity index (χ0) is 22.0. The number of thiophene rings is 1. The molecule has 0 bridgehead atoms. The normalized spacial score (nSPS) is 17.0. The highest BCUT2D eigenvalue weighted by atomic mass is 32.1. The molecule has 168 valence electrons. The summed E-state index contributed by atoms with van der Waals surface area (Å²) in [4.78, 5) is 20.5. The molecule has 2 aliphatic heterocycles. The highest BCUT2D eigenvalue weighted by Gasteiger charge is 2.21. The first-order valence-electron chi connectivity index (χ1n) is 11.8. The quantitative estimate of drug-likeness (QED) is 0.417. The van der Waals surface area contributed by atoms with E-state index in [2.05, 4.69) is 51.2 Å². The van der Waals surface area contributed by atoms with Gasteiger partial charge in [0, 0.05) is 60.3 Å². The number of aromatic nitrogens is 3. The van der Waals surface area contributed by atoms with E-state index in [-0.39, 0.29) is 0 Å². The van der Waals surface area contributed by atoms with E-state index >= 15 is 0 Å². The molecule has 0 saturated carbocycles. The van der Waals surface area contributed by atoms with E-state index in [1.165, 1.54) is 29.8 Å². The molecule has 0 aliphatic carbocycles. The highest BCUT2D eigenvalue weighted by molar-refractivity contribution is 7.22. The van der Waals surface area contributed by atoms with Gasteiger partial charge in [-0.3, -0.25) is 4.98 Å². The second-order valence-corrected chi connectivity index (χ2v) is 9.69. The smallest absolute Gasteiger partial charge is 0.162 e. The van der Waals surface area contributed by atoms with E-state index in [1.807, 2.05) is 18.5 Å². The average molecular weight is 458 g/mol. The maximum absolute atomic E-state index is 5.61. The third kappa shape index (κ3) is 4.18. The third-order valence-electron chi connectivity index (χ3n) is 6.44. The molecule has 6 nitrogen and oxygen atoms in total. The first-order valence-corrected chi connectivity index (χ1v) is 12.6. The number of fused-ring (bicyclic) bond motifs is 1. The number of pyridine rings is 1. The van der Waals surface area contributed by atoms with Crippen molar-refractivity contribution >= 4 is 33.1 Å². The zero-order valence-electron chi connectivity index (χ0n) is 18.6. The van der Waals surface area contributed by atoms with Crippen LogP contribution in [-0.2, 0) is 4.74 Å². The number of hydrogen-bond donors (Lipinski definition) is 0. The van der Waals surface area contributed by atoms with Crippen molar-refractivity contribution in [2.75, 3.05) is 49.2 Å². The SMILES string of the molecule is c1cncc(-c2cc3nc(-c4cccc(N5CCCCC5)c4)nc(N4CCOCC4)c3s2)c1. The lowest BCUT2D eigenvalue weighted by atomic mass is 10.1. The van der Waals surface area contributed by atoms with Crippen LogP contribution in [0.15, 0.2) is 54.9 Å². The van der Waals surface area contributed by atoms with Crippen molar-refractivity contribution in [3.05, 3.63) is 54.9 Å². The Morgan fingerprint density at radius 2 is 1.67 bits per heavy atom. The molecule has 0 spiro atoms. The Kier molecular flexibility index (Phi) is 5.66. The molecule has 0 atom stereocenters. The van der Waals surface area contributed by atoms with E-state index in [9.17, 15) is 0 Å². The Balaban J connectivity index is 1.45. The molecule has 6 rings (SSSR count). The van der Waals surface area contributed by atoms with Gasteiger partial charge in [0.15, 0.2) is 11.6 Å². The number of nitrogens with zero attached hydrogens (tertiary/aromatic N) is 5. The number of rotatable bonds is 4. The lowest BCUT2D eigenvalue weighted by Crippen LogP contribution is -2.36. The van der Waals surface area contributed by atoms with Crippen LogP contribution in [0.1, 0.15) is 19.3 Å². The van der Waals surface area contributed by atoms with Crippen LogP contribution in [0.5, 0.6) is 0 Å². The summed E-state index contributed by atoms with van der Waals surface area (Å²) in [5, 5.41) is 0. The fourth-order valence-corrected chi connectivity index (χ4v) is 5.78. The fourth-order valence-electron chi connectivity index (χ4n) is 4.68. The second-order valence-electron chi connectivity index (χ2n) is 8.63. The van der Waals surface area contributed by atoms with E-state index in [4.69, 9.17) is 14.7 Å². The van der Waals surface area contributed by atoms with Crippen molar-refractivity contribution in [3.8, 4) is 21.8 Å².